The van der Waals surface area contributed by atoms with Gasteiger partial charge < -0.3 is 9.64 Å². The lowest BCUT2D eigenvalue weighted by Gasteiger charge is -2.29. The molecule has 1 atom stereocenters. The molecule has 0 saturated carbocycles. The Kier molecular flexibility index (Phi) is 8.92. The van der Waals surface area contributed by atoms with Gasteiger partial charge >= 0.3 is 0 Å². The van der Waals surface area contributed by atoms with Crippen molar-refractivity contribution in [2.75, 3.05) is 13.1 Å². The van der Waals surface area contributed by atoms with Crippen LogP contribution >= 0.6 is 38.9 Å². The van der Waals surface area contributed by atoms with E-state index in [4.69, 9.17) is 21.3 Å². The second-order valence-electron chi connectivity index (χ2n) is 9.57. The van der Waals surface area contributed by atoms with Crippen LogP contribution in [-0.4, -0.2) is 28.5 Å². The quantitative estimate of drug-likeness (QED) is 0.232. The molecule has 0 spiro atoms. The van der Waals surface area contributed by atoms with E-state index in [9.17, 15) is 9.59 Å². The molecule has 0 radical (unpaired) electrons. The third-order valence-corrected chi connectivity index (χ3v) is 8.71. The first kappa shape index (κ1) is 29.0. The molecule has 41 heavy (non-hydrogen) atoms. The Balaban J connectivity index is 1.64. The van der Waals surface area contributed by atoms with Gasteiger partial charge in [0.25, 0.3) is 11.5 Å². The Hall–Kier alpha value is -3.46. The highest BCUT2D eigenvalue weighted by Crippen LogP contribution is 2.32. The Bertz CT molecular complexity index is 1790. The molecule has 0 N–H and O–H groups in total. The maximum Gasteiger partial charge on any atom is 0.271 e. The number of hydrogen-bond donors (Lipinski definition) is 0. The molecule has 0 unspecified atom stereocenters. The van der Waals surface area contributed by atoms with Gasteiger partial charge in [-0.25, -0.2) is 4.99 Å². The van der Waals surface area contributed by atoms with Gasteiger partial charge in [-0.15, -0.1) is 0 Å². The van der Waals surface area contributed by atoms with Crippen LogP contribution in [-0.2, 0) is 11.4 Å². The summed E-state index contributed by atoms with van der Waals surface area (Å²) in [6.07, 6.45) is 1.83. The molecule has 5 rings (SSSR count). The van der Waals surface area contributed by atoms with Gasteiger partial charge in [0.1, 0.15) is 12.4 Å². The summed E-state index contributed by atoms with van der Waals surface area (Å²) in [4.78, 5) is 34.9. The molecule has 0 saturated heterocycles. The summed E-state index contributed by atoms with van der Waals surface area (Å²) in [6, 6.07) is 22.3. The summed E-state index contributed by atoms with van der Waals surface area (Å²) < 4.78 is 9.15. The zero-order chi connectivity index (χ0) is 29.1. The van der Waals surface area contributed by atoms with Crippen molar-refractivity contribution in [3.05, 3.63) is 130 Å². The molecule has 0 bridgehead atoms. The molecule has 1 aliphatic rings. The van der Waals surface area contributed by atoms with Crippen LogP contribution in [0.4, 0.5) is 0 Å². The normalized spacial score (nSPS) is 15.0. The highest BCUT2D eigenvalue weighted by Gasteiger charge is 2.34. The molecule has 0 aliphatic carbocycles. The number of rotatable bonds is 8. The predicted octanol–water partition coefficient (Wildman–Crippen LogP) is 6.10. The van der Waals surface area contributed by atoms with E-state index in [0.717, 1.165) is 21.2 Å². The number of nitrogens with zero attached hydrogens (tertiary/aromatic N) is 3. The summed E-state index contributed by atoms with van der Waals surface area (Å²) >= 11 is 11.0. The van der Waals surface area contributed by atoms with Gasteiger partial charge in [0.15, 0.2) is 4.80 Å². The molecule has 1 aliphatic heterocycles. The van der Waals surface area contributed by atoms with Crippen LogP contribution in [0.2, 0.25) is 5.02 Å². The van der Waals surface area contributed by atoms with Gasteiger partial charge in [0.2, 0.25) is 0 Å². The van der Waals surface area contributed by atoms with Crippen molar-refractivity contribution < 1.29 is 9.53 Å². The summed E-state index contributed by atoms with van der Waals surface area (Å²) in [7, 11) is 0. The average Bonchev–Trinajstić information content (AvgIpc) is 3.27. The number of likely N-dealkylation sites (N-methyl/N-ethyl adjacent to an activating group) is 1. The van der Waals surface area contributed by atoms with E-state index >= 15 is 0 Å². The maximum absolute atomic E-state index is 14.1. The molecule has 0 fully saturated rings. The van der Waals surface area contributed by atoms with E-state index in [1.165, 1.54) is 11.3 Å². The van der Waals surface area contributed by atoms with E-state index in [-0.39, 0.29) is 11.5 Å². The number of hydrogen-bond acceptors (Lipinski definition) is 5. The van der Waals surface area contributed by atoms with Gasteiger partial charge in [0, 0.05) is 28.1 Å². The first-order valence-electron chi connectivity index (χ1n) is 13.3. The van der Waals surface area contributed by atoms with E-state index in [2.05, 4.69) is 15.9 Å². The maximum atomic E-state index is 14.1. The molecule has 9 heteroatoms. The standard InChI is InChI=1S/C32H29BrClN3O3S/c1-4-36(5-2)31(39)28-20(3)35-32-37(29(28)22-11-14-25(34)15-12-22)30(38)27(41-32)18-23-17-24(33)13-16-26(23)40-19-21-9-7-6-8-10-21/h6-18,29H,4-5,19H2,1-3H3/b27-18+/t29-/m0/s1. The van der Waals surface area contributed by atoms with Crippen molar-refractivity contribution in [1.82, 2.24) is 9.47 Å². The summed E-state index contributed by atoms with van der Waals surface area (Å²) in [6.45, 7) is 7.23. The van der Waals surface area contributed by atoms with Crippen LogP contribution in [0.25, 0.3) is 6.08 Å². The Morgan fingerprint density at radius 2 is 1.80 bits per heavy atom. The fourth-order valence-electron chi connectivity index (χ4n) is 4.88. The van der Waals surface area contributed by atoms with Gasteiger partial charge in [-0.3, -0.25) is 14.2 Å². The van der Waals surface area contributed by atoms with E-state index in [1.54, 1.807) is 21.6 Å². The number of thiazole rings is 1. The number of amides is 1. The zero-order valence-electron chi connectivity index (χ0n) is 22.9. The fraction of sp³-hybridized carbons (Fsp3) is 0.219. The van der Waals surface area contributed by atoms with E-state index in [1.807, 2.05) is 87.5 Å². The third-order valence-electron chi connectivity index (χ3n) is 6.98. The molecule has 4 aromatic rings. The van der Waals surface area contributed by atoms with Crippen molar-refractivity contribution in [3.8, 4) is 5.75 Å². The van der Waals surface area contributed by atoms with Crippen molar-refractivity contribution in [2.24, 2.45) is 4.99 Å². The number of carbonyl (C=O) groups is 1. The SMILES string of the molecule is CCN(CC)C(=O)C1=C(C)N=c2s/c(=C/c3cc(Br)ccc3OCc3ccccc3)c(=O)n2[C@H]1c1ccc(Cl)cc1. The van der Waals surface area contributed by atoms with Crippen LogP contribution in [0, 0.1) is 0 Å². The highest BCUT2D eigenvalue weighted by atomic mass is 79.9. The van der Waals surface area contributed by atoms with Crippen molar-refractivity contribution in [2.45, 2.75) is 33.4 Å². The van der Waals surface area contributed by atoms with Crippen LogP contribution in [0.3, 0.4) is 0 Å². The van der Waals surface area contributed by atoms with Crippen molar-refractivity contribution in [3.63, 3.8) is 0 Å². The second kappa shape index (κ2) is 12.6. The number of carbonyl (C=O) groups excluding carboxylic acids is 1. The van der Waals surface area contributed by atoms with Gasteiger partial charge in [-0.2, -0.15) is 0 Å². The number of halogens is 2. The minimum Gasteiger partial charge on any atom is -0.488 e. The fourth-order valence-corrected chi connectivity index (χ4v) is 6.42. The summed E-state index contributed by atoms with van der Waals surface area (Å²) in [5.74, 6) is 0.528. The van der Waals surface area contributed by atoms with Crippen LogP contribution in [0.1, 0.15) is 43.5 Å². The molecule has 3 aromatic carbocycles. The largest absolute Gasteiger partial charge is 0.488 e. The Morgan fingerprint density at radius 3 is 2.49 bits per heavy atom. The highest BCUT2D eigenvalue weighted by molar-refractivity contribution is 9.10. The lowest BCUT2D eigenvalue weighted by Crippen LogP contribution is -2.43. The van der Waals surface area contributed by atoms with Crippen LogP contribution in [0.5, 0.6) is 5.75 Å². The second-order valence-corrected chi connectivity index (χ2v) is 11.9. The minimum atomic E-state index is -0.630. The average molecular weight is 651 g/mol. The summed E-state index contributed by atoms with van der Waals surface area (Å²) in [5, 5.41) is 0.580. The van der Waals surface area contributed by atoms with E-state index < -0.39 is 6.04 Å². The number of ether oxygens (including phenoxy) is 1. The number of aromatic nitrogens is 1. The summed E-state index contributed by atoms with van der Waals surface area (Å²) in [5.41, 5.74) is 3.47. The molecule has 2 heterocycles. The van der Waals surface area contributed by atoms with Gasteiger partial charge in [-0.1, -0.05) is 81.3 Å². The van der Waals surface area contributed by atoms with Gasteiger partial charge in [0.05, 0.1) is 21.8 Å². The lowest BCUT2D eigenvalue weighted by molar-refractivity contribution is -0.127. The molecular formula is C32H29BrClN3O3S. The Labute approximate surface area is 256 Å². The smallest absolute Gasteiger partial charge is 0.271 e. The van der Waals surface area contributed by atoms with Crippen LogP contribution < -0.4 is 19.6 Å². The monoisotopic (exact) mass is 649 g/mol. The number of fused-ring (bicyclic) bond motifs is 1. The molecule has 6 nitrogen and oxygen atoms in total. The third kappa shape index (κ3) is 6.10. The molecule has 1 amide bonds. The lowest BCUT2D eigenvalue weighted by atomic mass is 9.94. The first-order chi connectivity index (χ1) is 19.8. The topological polar surface area (TPSA) is 63.9 Å². The number of benzene rings is 3. The van der Waals surface area contributed by atoms with Crippen LogP contribution in [0.15, 0.2) is 98.3 Å². The molecule has 210 valence electrons. The first-order valence-corrected chi connectivity index (χ1v) is 15.3. The number of allylic oxidation sites excluding steroid dienone is 1. The minimum absolute atomic E-state index is 0.130. The van der Waals surface area contributed by atoms with Crippen molar-refractivity contribution >= 4 is 50.9 Å². The molecule has 1 aromatic heterocycles. The predicted molar refractivity (Wildman–Crippen MR) is 168 cm³/mol. The van der Waals surface area contributed by atoms with Crippen molar-refractivity contribution in [1.29, 1.82) is 0 Å². The van der Waals surface area contributed by atoms with E-state index in [0.29, 0.717) is 51.1 Å². The zero-order valence-corrected chi connectivity index (χ0v) is 26.1. The Morgan fingerprint density at radius 1 is 1.10 bits per heavy atom. The van der Waals surface area contributed by atoms with Gasteiger partial charge in [-0.05, 0) is 68.3 Å². The molecular weight excluding hydrogens is 622 g/mol.